The summed E-state index contributed by atoms with van der Waals surface area (Å²) in [5, 5.41) is 10.3. The third kappa shape index (κ3) is 3.05. The Hall–Kier alpha value is -1.52. The highest BCUT2D eigenvalue weighted by Gasteiger charge is 2.48. The normalized spacial score (nSPS) is 30.1. The standard InChI is InChI=1S/C20H27NO3/c1-2-3-10-20(11-6-8-16(23)12-20)21-13-15-7-4-5-9-17(15)19(21)18(24)14-22/h4-5,7,9,14,16,19,23H,2-3,6,8,10-13H2,1H3/t16-,19?,20?/m1/s1. The predicted molar refractivity (Wildman–Crippen MR) is 92.5 cm³/mol. The molecule has 1 fully saturated rings. The molecule has 4 heteroatoms. The van der Waals surface area contributed by atoms with Crippen molar-refractivity contribution in [2.45, 2.75) is 76.1 Å². The van der Waals surface area contributed by atoms with E-state index < -0.39 is 6.04 Å². The zero-order valence-electron chi connectivity index (χ0n) is 14.4. The fraction of sp³-hybridized carbons (Fsp3) is 0.600. The number of aliphatic hydroxyl groups is 1. The molecule has 1 N–H and O–H groups in total. The first-order valence-corrected chi connectivity index (χ1v) is 9.13. The van der Waals surface area contributed by atoms with Gasteiger partial charge in [0.2, 0.25) is 5.78 Å². The molecule has 24 heavy (non-hydrogen) atoms. The highest BCUT2D eigenvalue weighted by Crippen LogP contribution is 2.47. The molecule has 0 amide bonds. The summed E-state index contributed by atoms with van der Waals surface area (Å²) in [6, 6.07) is 7.45. The summed E-state index contributed by atoms with van der Waals surface area (Å²) in [6.07, 6.45) is 6.77. The Balaban J connectivity index is 2.00. The lowest BCUT2D eigenvalue weighted by atomic mass is 9.75. The van der Waals surface area contributed by atoms with E-state index in [0.717, 1.165) is 49.7 Å². The molecule has 130 valence electrons. The van der Waals surface area contributed by atoms with Gasteiger partial charge in [0.15, 0.2) is 6.29 Å². The quantitative estimate of drug-likeness (QED) is 0.643. The topological polar surface area (TPSA) is 57.6 Å². The van der Waals surface area contributed by atoms with Crippen LogP contribution in [0.25, 0.3) is 0 Å². The number of Topliss-reactive ketones (excluding diaryl/α,β-unsaturated/α-hetero) is 1. The van der Waals surface area contributed by atoms with E-state index in [1.54, 1.807) is 0 Å². The van der Waals surface area contributed by atoms with E-state index in [9.17, 15) is 14.7 Å². The summed E-state index contributed by atoms with van der Waals surface area (Å²) in [5.74, 6) is -0.365. The van der Waals surface area contributed by atoms with Crippen LogP contribution in [0, 0.1) is 0 Å². The molecule has 0 radical (unpaired) electrons. The van der Waals surface area contributed by atoms with Crippen molar-refractivity contribution in [2.24, 2.45) is 0 Å². The molecular weight excluding hydrogens is 302 g/mol. The molecule has 0 spiro atoms. The van der Waals surface area contributed by atoms with Crippen LogP contribution in [0.2, 0.25) is 0 Å². The van der Waals surface area contributed by atoms with Crippen LogP contribution in [0.15, 0.2) is 24.3 Å². The number of aldehydes is 1. The first-order valence-electron chi connectivity index (χ1n) is 9.13. The molecule has 1 aliphatic heterocycles. The fourth-order valence-electron chi connectivity index (χ4n) is 4.65. The van der Waals surface area contributed by atoms with Crippen molar-refractivity contribution in [3.05, 3.63) is 35.4 Å². The molecule has 2 unspecified atom stereocenters. The average molecular weight is 329 g/mol. The summed E-state index contributed by atoms with van der Waals surface area (Å²) in [5.41, 5.74) is 1.91. The SMILES string of the molecule is CCCCC1(N2Cc3ccccc3C2C(=O)C=O)CCC[C@@H](O)C1. The maximum Gasteiger partial charge on any atom is 0.216 e. The minimum absolute atomic E-state index is 0.184. The molecule has 4 nitrogen and oxygen atoms in total. The van der Waals surface area contributed by atoms with Gasteiger partial charge in [0.1, 0.15) is 6.04 Å². The van der Waals surface area contributed by atoms with Crippen LogP contribution in [0.1, 0.15) is 69.0 Å². The van der Waals surface area contributed by atoms with Crippen molar-refractivity contribution < 1.29 is 14.7 Å². The fourth-order valence-corrected chi connectivity index (χ4v) is 4.65. The number of benzene rings is 1. The third-order valence-corrected chi connectivity index (χ3v) is 5.79. The monoisotopic (exact) mass is 329 g/mol. The minimum atomic E-state index is -0.485. The smallest absolute Gasteiger partial charge is 0.216 e. The van der Waals surface area contributed by atoms with Gasteiger partial charge in [-0.15, -0.1) is 0 Å². The molecule has 2 aliphatic rings. The molecule has 1 aromatic carbocycles. The van der Waals surface area contributed by atoms with Gasteiger partial charge in [-0.1, -0.05) is 44.0 Å². The lowest BCUT2D eigenvalue weighted by Crippen LogP contribution is -2.53. The Morgan fingerprint density at radius 2 is 2.21 bits per heavy atom. The van der Waals surface area contributed by atoms with Crippen LogP contribution in [-0.4, -0.2) is 33.7 Å². The van der Waals surface area contributed by atoms with E-state index in [4.69, 9.17) is 0 Å². The van der Waals surface area contributed by atoms with Crippen LogP contribution in [-0.2, 0) is 16.1 Å². The molecule has 3 atom stereocenters. The van der Waals surface area contributed by atoms with Gasteiger partial charge in [-0.25, -0.2) is 0 Å². The van der Waals surface area contributed by atoms with Crippen molar-refractivity contribution >= 4 is 12.1 Å². The molecule has 3 rings (SSSR count). The van der Waals surface area contributed by atoms with Crippen molar-refractivity contribution in [1.82, 2.24) is 4.90 Å². The van der Waals surface area contributed by atoms with E-state index in [0.29, 0.717) is 19.3 Å². The number of rotatable bonds is 6. The number of hydrogen-bond acceptors (Lipinski definition) is 4. The largest absolute Gasteiger partial charge is 0.393 e. The zero-order valence-corrected chi connectivity index (χ0v) is 14.4. The molecular formula is C20H27NO3. The van der Waals surface area contributed by atoms with Crippen molar-refractivity contribution in [1.29, 1.82) is 0 Å². The van der Waals surface area contributed by atoms with Crippen LogP contribution < -0.4 is 0 Å². The van der Waals surface area contributed by atoms with Crippen LogP contribution in [0.4, 0.5) is 0 Å². The Morgan fingerprint density at radius 3 is 2.92 bits per heavy atom. The summed E-state index contributed by atoms with van der Waals surface area (Å²) in [4.78, 5) is 26.0. The highest BCUT2D eigenvalue weighted by molar-refractivity contribution is 6.27. The molecule has 1 aromatic rings. The molecule has 0 aromatic heterocycles. The summed E-state index contributed by atoms with van der Waals surface area (Å²) < 4.78 is 0. The Morgan fingerprint density at radius 1 is 1.42 bits per heavy atom. The number of hydrogen-bond donors (Lipinski definition) is 1. The van der Waals surface area contributed by atoms with Gasteiger partial charge < -0.3 is 5.11 Å². The molecule has 1 saturated carbocycles. The number of carbonyl (C=O) groups is 2. The number of nitrogens with zero attached hydrogens (tertiary/aromatic N) is 1. The second-order valence-electron chi connectivity index (χ2n) is 7.33. The van der Waals surface area contributed by atoms with E-state index in [1.165, 1.54) is 0 Å². The van der Waals surface area contributed by atoms with Crippen LogP contribution in [0.3, 0.4) is 0 Å². The van der Waals surface area contributed by atoms with Gasteiger partial charge in [0.05, 0.1) is 6.10 Å². The second-order valence-corrected chi connectivity index (χ2v) is 7.33. The number of fused-ring (bicyclic) bond motifs is 1. The maximum atomic E-state index is 12.5. The number of ketones is 1. The van der Waals surface area contributed by atoms with Crippen LogP contribution >= 0.6 is 0 Å². The zero-order chi connectivity index (χ0) is 17.2. The second kappa shape index (κ2) is 7.16. The first kappa shape index (κ1) is 17.3. The number of aliphatic hydroxyl groups excluding tert-OH is 1. The summed E-state index contributed by atoms with van der Waals surface area (Å²) in [6.45, 7) is 2.86. The van der Waals surface area contributed by atoms with Gasteiger partial charge in [-0.3, -0.25) is 14.5 Å². The Kier molecular flexibility index (Phi) is 5.16. The van der Waals surface area contributed by atoms with Crippen molar-refractivity contribution in [3.8, 4) is 0 Å². The predicted octanol–water partition coefficient (Wildman–Crippen LogP) is 3.18. The first-order chi connectivity index (χ1) is 11.6. The summed E-state index contributed by atoms with van der Waals surface area (Å²) in [7, 11) is 0. The molecule has 1 aliphatic carbocycles. The van der Waals surface area contributed by atoms with Gasteiger partial charge in [0, 0.05) is 12.1 Å². The summed E-state index contributed by atoms with van der Waals surface area (Å²) >= 11 is 0. The Labute approximate surface area is 143 Å². The minimum Gasteiger partial charge on any atom is -0.393 e. The molecule has 0 bridgehead atoms. The van der Waals surface area contributed by atoms with Crippen molar-refractivity contribution in [3.63, 3.8) is 0 Å². The van der Waals surface area contributed by atoms with Gasteiger partial charge in [-0.05, 0) is 43.2 Å². The third-order valence-electron chi connectivity index (χ3n) is 5.79. The van der Waals surface area contributed by atoms with E-state index in [2.05, 4.69) is 11.8 Å². The van der Waals surface area contributed by atoms with E-state index in [-0.39, 0.29) is 17.4 Å². The highest BCUT2D eigenvalue weighted by atomic mass is 16.3. The van der Waals surface area contributed by atoms with Crippen LogP contribution in [0.5, 0.6) is 0 Å². The average Bonchev–Trinajstić information content (AvgIpc) is 2.99. The van der Waals surface area contributed by atoms with Crippen molar-refractivity contribution in [2.75, 3.05) is 0 Å². The number of unbranched alkanes of at least 4 members (excludes halogenated alkanes) is 1. The Bertz CT molecular complexity index is 615. The van der Waals surface area contributed by atoms with E-state index >= 15 is 0 Å². The molecule has 1 heterocycles. The lowest BCUT2D eigenvalue weighted by Gasteiger charge is -2.48. The lowest BCUT2D eigenvalue weighted by molar-refractivity contribution is -0.137. The van der Waals surface area contributed by atoms with Gasteiger partial charge >= 0.3 is 0 Å². The number of carbonyl (C=O) groups excluding carboxylic acids is 2. The van der Waals surface area contributed by atoms with Gasteiger partial charge in [-0.2, -0.15) is 0 Å². The van der Waals surface area contributed by atoms with E-state index in [1.807, 2.05) is 24.3 Å². The maximum absolute atomic E-state index is 12.5. The van der Waals surface area contributed by atoms with Gasteiger partial charge in [0.25, 0.3) is 0 Å². The molecule has 0 saturated heterocycles.